The Balaban J connectivity index is 1.64. The lowest BCUT2D eigenvalue weighted by atomic mass is 9.90. The second-order valence-corrected chi connectivity index (χ2v) is 6.14. The van der Waals surface area contributed by atoms with Gasteiger partial charge in [0.1, 0.15) is 0 Å². The van der Waals surface area contributed by atoms with Crippen molar-refractivity contribution < 1.29 is 14.7 Å². The molecule has 3 rings (SSSR count). The fourth-order valence-electron chi connectivity index (χ4n) is 3.02. The smallest absolute Gasteiger partial charge is 0.305 e. The molecule has 0 bridgehead atoms. The van der Waals surface area contributed by atoms with E-state index in [0.29, 0.717) is 17.8 Å². The highest BCUT2D eigenvalue weighted by molar-refractivity contribution is 6.27. The molecule has 0 aromatic heterocycles. The first-order chi connectivity index (χ1) is 12.6. The topological polar surface area (TPSA) is 90.8 Å². The summed E-state index contributed by atoms with van der Waals surface area (Å²) in [6, 6.07) is 9.12. The Morgan fingerprint density at radius 3 is 2.85 bits per heavy atom. The number of nitrogens with one attached hydrogen (secondary N) is 2. The van der Waals surface area contributed by atoms with Crippen molar-refractivity contribution in [2.24, 2.45) is 4.99 Å². The minimum atomic E-state index is -0.942. The van der Waals surface area contributed by atoms with Gasteiger partial charge in [-0.2, -0.15) is 0 Å². The molecule has 6 nitrogen and oxygen atoms in total. The zero-order chi connectivity index (χ0) is 18.4. The van der Waals surface area contributed by atoms with E-state index in [9.17, 15) is 9.59 Å². The minimum absolute atomic E-state index is 0.0909. The van der Waals surface area contributed by atoms with Crippen LogP contribution < -0.4 is 10.6 Å². The predicted octanol–water partition coefficient (Wildman–Crippen LogP) is 1.61. The van der Waals surface area contributed by atoms with Crippen LogP contribution in [0.25, 0.3) is 0 Å². The lowest BCUT2D eigenvalue weighted by molar-refractivity contribution is -0.137. The summed E-state index contributed by atoms with van der Waals surface area (Å²) in [4.78, 5) is 28.2. The molecule has 26 heavy (non-hydrogen) atoms. The SMILES string of the molecule is O=C(O)CC1NC=CN=C1C1=CC=CC(NCCc2ccccc2)C1=O. The summed E-state index contributed by atoms with van der Waals surface area (Å²) in [6.07, 6.45) is 9.15. The summed E-state index contributed by atoms with van der Waals surface area (Å²) in [5.41, 5.74) is 2.13. The Kier molecular flexibility index (Phi) is 5.76. The monoisotopic (exact) mass is 351 g/mol. The van der Waals surface area contributed by atoms with Crippen LogP contribution in [-0.2, 0) is 16.0 Å². The first kappa shape index (κ1) is 17.8. The van der Waals surface area contributed by atoms with Crippen molar-refractivity contribution >= 4 is 17.5 Å². The van der Waals surface area contributed by atoms with Gasteiger partial charge >= 0.3 is 5.97 Å². The Labute approximate surface area is 152 Å². The van der Waals surface area contributed by atoms with Crippen molar-refractivity contribution in [3.8, 4) is 0 Å². The number of hydrogen-bond acceptors (Lipinski definition) is 5. The molecule has 1 aliphatic heterocycles. The lowest BCUT2D eigenvalue weighted by Gasteiger charge is -2.25. The average Bonchev–Trinajstić information content (AvgIpc) is 2.64. The van der Waals surface area contributed by atoms with Crippen LogP contribution in [0.15, 0.2) is 71.5 Å². The van der Waals surface area contributed by atoms with Crippen LogP contribution in [0.5, 0.6) is 0 Å². The third kappa shape index (κ3) is 4.34. The number of allylic oxidation sites excluding steroid dienone is 2. The zero-order valence-electron chi connectivity index (χ0n) is 14.3. The maximum Gasteiger partial charge on any atom is 0.305 e. The summed E-state index contributed by atoms with van der Waals surface area (Å²) in [5.74, 6) is -1.03. The number of carbonyl (C=O) groups is 2. The maximum atomic E-state index is 12.8. The molecule has 1 aromatic rings. The van der Waals surface area contributed by atoms with Gasteiger partial charge < -0.3 is 15.7 Å². The number of nitrogens with zero attached hydrogens (tertiary/aromatic N) is 1. The van der Waals surface area contributed by atoms with Crippen molar-refractivity contribution in [1.29, 1.82) is 0 Å². The average molecular weight is 351 g/mol. The van der Waals surface area contributed by atoms with E-state index in [2.05, 4.69) is 27.8 Å². The van der Waals surface area contributed by atoms with Gasteiger partial charge in [0.25, 0.3) is 0 Å². The van der Waals surface area contributed by atoms with E-state index in [4.69, 9.17) is 5.11 Å². The van der Waals surface area contributed by atoms with Crippen molar-refractivity contribution in [2.75, 3.05) is 6.54 Å². The van der Waals surface area contributed by atoms with Crippen LogP contribution >= 0.6 is 0 Å². The first-order valence-corrected chi connectivity index (χ1v) is 8.56. The molecule has 1 aliphatic carbocycles. The molecule has 0 saturated heterocycles. The molecule has 1 heterocycles. The lowest BCUT2D eigenvalue weighted by Crippen LogP contribution is -2.45. The van der Waals surface area contributed by atoms with Gasteiger partial charge in [-0.15, -0.1) is 0 Å². The van der Waals surface area contributed by atoms with Crippen LogP contribution in [0.3, 0.4) is 0 Å². The van der Waals surface area contributed by atoms with E-state index in [1.54, 1.807) is 12.3 Å². The molecule has 134 valence electrons. The van der Waals surface area contributed by atoms with Crippen molar-refractivity contribution in [1.82, 2.24) is 10.6 Å². The van der Waals surface area contributed by atoms with Gasteiger partial charge in [0.2, 0.25) is 0 Å². The van der Waals surface area contributed by atoms with Gasteiger partial charge in [-0.3, -0.25) is 14.6 Å². The molecule has 2 aliphatic rings. The number of hydrogen-bond donors (Lipinski definition) is 3. The zero-order valence-corrected chi connectivity index (χ0v) is 14.3. The van der Waals surface area contributed by atoms with E-state index in [1.165, 1.54) is 11.8 Å². The third-order valence-electron chi connectivity index (χ3n) is 4.31. The minimum Gasteiger partial charge on any atom is -0.481 e. The second kappa shape index (κ2) is 8.40. The number of carboxylic acid groups (broad SMARTS) is 1. The molecule has 2 unspecified atom stereocenters. The number of benzene rings is 1. The Bertz CT molecular complexity index is 794. The first-order valence-electron chi connectivity index (χ1n) is 8.56. The molecule has 2 atom stereocenters. The number of Topliss-reactive ketones (excluding diaryl/α,β-unsaturated/α-hetero) is 1. The Morgan fingerprint density at radius 2 is 2.08 bits per heavy atom. The number of carboxylic acids is 1. The molecule has 1 aromatic carbocycles. The molecule has 0 radical (unpaired) electrons. The molecular weight excluding hydrogens is 330 g/mol. The normalized spacial score (nSPS) is 21.8. The van der Waals surface area contributed by atoms with Crippen LogP contribution in [0.4, 0.5) is 0 Å². The van der Waals surface area contributed by atoms with E-state index in [1.807, 2.05) is 30.4 Å². The largest absolute Gasteiger partial charge is 0.481 e. The summed E-state index contributed by atoms with van der Waals surface area (Å²) in [5, 5.41) is 15.3. The van der Waals surface area contributed by atoms with Crippen LogP contribution in [0, 0.1) is 0 Å². The Morgan fingerprint density at radius 1 is 1.27 bits per heavy atom. The summed E-state index contributed by atoms with van der Waals surface area (Å²) in [7, 11) is 0. The fraction of sp³-hybridized carbons (Fsp3) is 0.250. The van der Waals surface area contributed by atoms with Gasteiger partial charge in [0.05, 0.1) is 24.2 Å². The molecule has 0 fully saturated rings. The molecule has 0 saturated carbocycles. The number of aliphatic carboxylic acids is 1. The number of ketones is 1. The highest BCUT2D eigenvalue weighted by atomic mass is 16.4. The molecule has 6 heteroatoms. The molecule has 0 amide bonds. The molecule has 0 spiro atoms. The predicted molar refractivity (Wildman–Crippen MR) is 99.9 cm³/mol. The van der Waals surface area contributed by atoms with Crippen LogP contribution in [0.1, 0.15) is 12.0 Å². The van der Waals surface area contributed by atoms with E-state index in [0.717, 1.165) is 6.42 Å². The van der Waals surface area contributed by atoms with Crippen LogP contribution in [0.2, 0.25) is 0 Å². The van der Waals surface area contributed by atoms with Gasteiger partial charge in [-0.1, -0.05) is 42.5 Å². The molecule has 3 N–H and O–H groups in total. The summed E-state index contributed by atoms with van der Waals surface area (Å²) < 4.78 is 0. The van der Waals surface area contributed by atoms with E-state index >= 15 is 0 Å². The number of rotatable bonds is 7. The van der Waals surface area contributed by atoms with Gasteiger partial charge in [-0.25, -0.2) is 0 Å². The quantitative estimate of drug-likeness (QED) is 0.694. The highest BCUT2D eigenvalue weighted by Gasteiger charge is 2.30. The third-order valence-corrected chi connectivity index (χ3v) is 4.31. The van der Waals surface area contributed by atoms with Gasteiger partial charge in [0, 0.05) is 24.5 Å². The van der Waals surface area contributed by atoms with Crippen molar-refractivity contribution in [2.45, 2.75) is 24.9 Å². The Hall–Kier alpha value is -2.99. The fourth-order valence-corrected chi connectivity index (χ4v) is 3.02. The second-order valence-electron chi connectivity index (χ2n) is 6.14. The standard InChI is InChI=1S/C20H21N3O3/c24-18(25)13-17-19(23-12-11-22-17)15-7-4-8-16(20(15)26)21-10-9-14-5-2-1-3-6-14/h1-8,11-12,16-17,21-22H,9-10,13H2,(H,24,25). The summed E-state index contributed by atoms with van der Waals surface area (Å²) in [6.45, 7) is 0.668. The summed E-state index contributed by atoms with van der Waals surface area (Å²) >= 11 is 0. The van der Waals surface area contributed by atoms with Crippen LogP contribution in [-0.4, -0.2) is 41.2 Å². The van der Waals surface area contributed by atoms with E-state index in [-0.39, 0.29) is 12.2 Å². The maximum absolute atomic E-state index is 12.8. The van der Waals surface area contributed by atoms with Gasteiger partial charge in [-0.05, 0) is 18.1 Å². The highest BCUT2D eigenvalue weighted by Crippen LogP contribution is 2.17. The molecular formula is C20H21N3O3. The van der Waals surface area contributed by atoms with E-state index < -0.39 is 18.1 Å². The van der Waals surface area contributed by atoms with Gasteiger partial charge in [0.15, 0.2) is 5.78 Å². The number of carbonyl (C=O) groups excluding carboxylic acids is 1. The number of aliphatic imine (C=N–C) groups is 1. The van der Waals surface area contributed by atoms with Crippen molar-refractivity contribution in [3.63, 3.8) is 0 Å². The van der Waals surface area contributed by atoms with Crippen molar-refractivity contribution in [3.05, 3.63) is 72.1 Å².